The van der Waals surface area contributed by atoms with Crippen molar-refractivity contribution < 1.29 is 14.2 Å². The van der Waals surface area contributed by atoms with Gasteiger partial charge in [-0.2, -0.15) is 0 Å². The van der Waals surface area contributed by atoms with Crippen molar-refractivity contribution >= 4 is 0 Å². The smallest absolute Gasteiger partial charge is 0.126 e. The number of halogens is 1. The highest BCUT2D eigenvalue weighted by atomic mass is 19.1. The molecule has 1 aliphatic heterocycles. The van der Waals surface area contributed by atoms with Crippen LogP contribution >= 0.6 is 0 Å². The normalized spacial score (nSPS) is 25.5. The maximum absolute atomic E-state index is 12.8. The van der Waals surface area contributed by atoms with Crippen molar-refractivity contribution in [2.24, 2.45) is 0 Å². The Morgan fingerprint density at radius 1 is 1.53 bits per heavy atom. The van der Waals surface area contributed by atoms with Crippen LogP contribution in [0.15, 0.2) is 24.3 Å². The molecule has 1 heterocycles. The van der Waals surface area contributed by atoms with E-state index in [1.54, 1.807) is 12.1 Å². The number of hydrogen-bond donors (Lipinski definition) is 2. The number of aliphatic hydroxyl groups is 1. The Morgan fingerprint density at radius 3 is 3.07 bits per heavy atom. The van der Waals surface area contributed by atoms with Crippen LogP contribution in [0.2, 0.25) is 0 Å². The summed E-state index contributed by atoms with van der Waals surface area (Å²) in [5, 5.41) is 13.0. The zero-order valence-corrected chi connectivity index (χ0v) is 8.37. The van der Waals surface area contributed by atoms with E-state index < -0.39 is 5.60 Å². The van der Waals surface area contributed by atoms with Crippen molar-refractivity contribution in [1.82, 2.24) is 5.32 Å². The highest BCUT2D eigenvalue weighted by Gasteiger charge is 2.31. The van der Waals surface area contributed by atoms with Crippen LogP contribution in [-0.2, 0) is 0 Å². The zero-order valence-electron chi connectivity index (χ0n) is 8.37. The summed E-state index contributed by atoms with van der Waals surface area (Å²) in [4.78, 5) is 0. The van der Waals surface area contributed by atoms with Gasteiger partial charge < -0.3 is 15.2 Å². The lowest BCUT2D eigenvalue weighted by Gasteiger charge is -2.21. The number of β-amino-alcohol motifs (C(OH)–C–C–N with tert-alkyl or cyclic N) is 1. The molecule has 0 radical (unpaired) electrons. The summed E-state index contributed by atoms with van der Waals surface area (Å²) in [6.45, 7) is 1.52. The second-order valence-corrected chi connectivity index (χ2v) is 3.90. The van der Waals surface area contributed by atoms with Crippen LogP contribution in [0.1, 0.15) is 6.42 Å². The van der Waals surface area contributed by atoms with Gasteiger partial charge in [-0.1, -0.05) is 6.07 Å². The minimum atomic E-state index is -0.813. The summed E-state index contributed by atoms with van der Waals surface area (Å²) >= 11 is 0. The van der Waals surface area contributed by atoms with Crippen LogP contribution in [0.25, 0.3) is 0 Å². The third kappa shape index (κ3) is 2.67. The predicted molar refractivity (Wildman–Crippen MR) is 54.3 cm³/mol. The molecule has 1 aromatic rings. The zero-order chi connectivity index (χ0) is 10.7. The molecule has 1 atom stereocenters. The lowest BCUT2D eigenvalue weighted by molar-refractivity contribution is 0.0129. The summed E-state index contributed by atoms with van der Waals surface area (Å²) in [5.41, 5.74) is -0.813. The molecule has 0 amide bonds. The van der Waals surface area contributed by atoms with Gasteiger partial charge in [-0.25, -0.2) is 4.39 Å². The van der Waals surface area contributed by atoms with Gasteiger partial charge in [-0.15, -0.1) is 0 Å². The summed E-state index contributed by atoms with van der Waals surface area (Å²) in [6, 6.07) is 5.93. The Balaban J connectivity index is 1.92. The molecule has 1 fully saturated rings. The fourth-order valence-electron chi connectivity index (χ4n) is 1.63. The minimum Gasteiger partial charge on any atom is -0.490 e. The van der Waals surface area contributed by atoms with Crippen LogP contribution in [0, 0.1) is 5.82 Å². The van der Waals surface area contributed by atoms with E-state index in [4.69, 9.17) is 4.74 Å². The van der Waals surface area contributed by atoms with Crippen molar-refractivity contribution in [1.29, 1.82) is 0 Å². The molecule has 1 unspecified atom stereocenters. The van der Waals surface area contributed by atoms with E-state index in [0.717, 1.165) is 6.54 Å². The Morgan fingerprint density at radius 2 is 2.40 bits per heavy atom. The first-order valence-corrected chi connectivity index (χ1v) is 4.99. The van der Waals surface area contributed by atoms with Gasteiger partial charge in [0.25, 0.3) is 0 Å². The van der Waals surface area contributed by atoms with E-state index in [-0.39, 0.29) is 12.4 Å². The Labute approximate surface area is 87.9 Å². The molecule has 1 aromatic carbocycles. The standard InChI is InChI=1S/C11H14FNO2/c12-9-2-1-3-10(6-9)15-8-11(14)4-5-13-7-11/h1-3,6,13-14H,4-5,7-8H2. The van der Waals surface area contributed by atoms with Crippen LogP contribution in [0.5, 0.6) is 5.75 Å². The molecule has 82 valence electrons. The molecule has 1 aliphatic rings. The number of benzene rings is 1. The van der Waals surface area contributed by atoms with Gasteiger partial charge in [0, 0.05) is 12.6 Å². The van der Waals surface area contributed by atoms with Crippen molar-refractivity contribution in [3.63, 3.8) is 0 Å². The molecule has 2 rings (SSSR count). The van der Waals surface area contributed by atoms with E-state index >= 15 is 0 Å². The van der Waals surface area contributed by atoms with Gasteiger partial charge in [-0.3, -0.25) is 0 Å². The average Bonchev–Trinajstić information content (AvgIpc) is 2.63. The van der Waals surface area contributed by atoms with Crippen LogP contribution < -0.4 is 10.1 Å². The number of nitrogens with one attached hydrogen (secondary N) is 1. The second-order valence-electron chi connectivity index (χ2n) is 3.90. The van der Waals surface area contributed by atoms with Crippen LogP contribution in [0.4, 0.5) is 4.39 Å². The van der Waals surface area contributed by atoms with E-state index in [1.807, 2.05) is 0 Å². The second kappa shape index (κ2) is 4.16. The van der Waals surface area contributed by atoms with Gasteiger partial charge in [0.15, 0.2) is 0 Å². The largest absolute Gasteiger partial charge is 0.490 e. The average molecular weight is 211 g/mol. The molecule has 1 saturated heterocycles. The molecule has 3 nitrogen and oxygen atoms in total. The first-order chi connectivity index (χ1) is 7.18. The summed E-state index contributed by atoms with van der Waals surface area (Å²) < 4.78 is 18.2. The Bertz CT molecular complexity index is 337. The van der Waals surface area contributed by atoms with E-state index in [2.05, 4.69) is 5.32 Å². The molecule has 0 aliphatic carbocycles. The molecule has 4 heteroatoms. The molecule has 15 heavy (non-hydrogen) atoms. The third-order valence-corrected chi connectivity index (χ3v) is 2.52. The highest BCUT2D eigenvalue weighted by Crippen LogP contribution is 2.18. The van der Waals surface area contributed by atoms with Crippen molar-refractivity contribution in [3.8, 4) is 5.75 Å². The van der Waals surface area contributed by atoms with Crippen molar-refractivity contribution in [2.75, 3.05) is 19.7 Å². The first-order valence-electron chi connectivity index (χ1n) is 4.99. The van der Waals surface area contributed by atoms with Gasteiger partial charge in [0.2, 0.25) is 0 Å². The maximum Gasteiger partial charge on any atom is 0.126 e. The minimum absolute atomic E-state index is 0.198. The summed E-state index contributed by atoms with van der Waals surface area (Å²) in [7, 11) is 0. The predicted octanol–water partition coefficient (Wildman–Crippen LogP) is 0.929. The SMILES string of the molecule is OC1(COc2cccc(F)c2)CCNC1. The maximum atomic E-state index is 12.8. The van der Waals surface area contributed by atoms with E-state index in [9.17, 15) is 9.50 Å². The number of hydrogen-bond acceptors (Lipinski definition) is 3. The van der Waals surface area contributed by atoms with Crippen molar-refractivity contribution in [3.05, 3.63) is 30.1 Å². The van der Waals surface area contributed by atoms with Gasteiger partial charge in [0.1, 0.15) is 23.8 Å². The monoisotopic (exact) mass is 211 g/mol. The first kappa shape index (κ1) is 10.4. The molecular weight excluding hydrogens is 197 g/mol. The van der Waals surface area contributed by atoms with Gasteiger partial charge >= 0.3 is 0 Å². The lowest BCUT2D eigenvalue weighted by atomic mass is 10.1. The molecule has 0 saturated carbocycles. The van der Waals surface area contributed by atoms with Crippen LogP contribution in [0.3, 0.4) is 0 Å². The van der Waals surface area contributed by atoms with Crippen molar-refractivity contribution in [2.45, 2.75) is 12.0 Å². The van der Waals surface area contributed by atoms with Gasteiger partial charge in [-0.05, 0) is 25.1 Å². The fraction of sp³-hybridized carbons (Fsp3) is 0.455. The highest BCUT2D eigenvalue weighted by molar-refractivity contribution is 5.22. The van der Waals surface area contributed by atoms with E-state index in [1.165, 1.54) is 12.1 Å². The fourth-order valence-corrected chi connectivity index (χ4v) is 1.63. The number of rotatable bonds is 3. The number of ether oxygens (including phenoxy) is 1. The topological polar surface area (TPSA) is 41.5 Å². The van der Waals surface area contributed by atoms with Crippen LogP contribution in [-0.4, -0.2) is 30.4 Å². The summed E-state index contributed by atoms with van der Waals surface area (Å²) in [6.07, 6.45) is 0.669. The quantitative estimate of drug-likeness (QED) is 0.781. The molecule has 0 aromatic heterocycles. The lowest BCUT2D eigenvalue weighted by Crippen LogP contribution is -2.38. The Hall–Kier alpha value is -1.13. The van der Waals surface area contributed by atoms with E-state index in [0.29, 0.717) is 18.7 Å². The molecule has 0 bridgehead atoms. The third-order valence-electron chi connectivity index (χ3n) is 2.52. The molecule has 0 spiro atoms. The molecular formula is C11H14FNO2. The Kier molecular flexibility index (Phi) is 2.88. The summed E-state index contributed by atoms with van der Waals surface area (Å²) in [5.74, 6) is 0.124. The van der Waals surface area contributed by atoms with Gasteiger partial charge in [0.05, 0.1) is 0 Å². The molecule has 2 N–H and O–H groups in total.